The lowest BCUT2D eigenvalue weighted by Crippen LogP contribution is -1.81. The molecule has 0 aliphatic rings. The van der Waals surface area contributed by atoms with Gasteiger partial charge in [0.2, 0.25) is 0 Å². The average Bonchev–Trinajstić information content (AvgIpc) is 3.00. The molecule has 0 saturated carbocycles. The van der Waals surface area contributed by atoms with Crippen molar-refractivity contribution in [2.75, 3.05) is 0 Å². The van der Waals surface area contributed by atoms with Gasteiger partial charge in [-0.1, -0.05) is 11.6 Å². The molecule has 2 aromatic carbocycles. The van der Waals surface area contributed by atoms with Crippen LogP contribution in [0.2, 0.25) is 5.02 Å². The first-order chi connectivity index (χ1) is 9.70. The lowest BCUT2D eigenvalue weighted by molar-refractivity contribution is 0.630. The standard InChI is InChI=1S/C14H8ClFN4/c15-7-1-3-11-12(5-7)18-14(17-11)13-9-6-8(16)2-4-10(9)19-20-13/h1-6H,(H,17,18)(H,19,20). The van der Waals surface area contributed by atoms with E-state index in [-0.39, 0.29) is 5.82 Å². The van der Waals surface area contributed by atoms with Crippen LogP contribution in [-0.2, 0) is 0 Å². The highest BCUT2D eigenvalue weighted by Crippen LogP contribution is 2.27. The smallest absolute Gasteiger partial charge is 0.159 e. The van der Waals surface area contributed by atoms with Crippen molar-refractivity contribution in [1.29, 1.82) is 0 Å². The van der Waals surface area contributed by atoms with Gasteiger partial charge >= 0.3 is 0 Å². The van der Waals surface area contributed by atoms with E-state index in [1.54, 1.807) is 18.2 Å². The third kappa shape index (κ3) is 1.67. The molecule has 0 aliphatic heterocycles. The second-order valence-electron chi connectivity index (χ2n) is 4.51. The van der Waals surface area contributed by atoms with Crippen LogP contribution in [0.1, 0.15) is 0 Å². The molecule has 4 aromatic rings. The van der Waals surface area contributed by atoms with E-state index in [2.05, 4.69) is 20.2 Å². The zero-order chi connectivity index (χ0) is 13.7. The molecule has 4 nitrogen and oxygen atoms in total. The van der Waals surface area contributed by atoms with Crippen molar-refractivity contribution in [1.82, 2.24) is 20.2 Å². The molecule has 2 N–H and O–H groups in total. The molecule has 0 fully saturated rings. The molecule has 20 heavy (non-hydrogen) atoms. The molecule has 0 unspecified atom stereocenters. The number of benzene rings is 2. The minimum absolute atomic E-state index is 0.306. The molecule has 0 bridgehead atoms. The summed E-state index contributed by atoms with van der Waals surface area (Å²) in [5, 5.41) is 8.38. The summed E-state index contributed by atoms with van der Waals surface area (Å²) in [5.74, 6) is 0.276. The van der Waals surface area contributed by atoms with E-state index in [1.807, 2.05) is 6.07 Å². The Kier molecular flexibility index (Phi) is 2.31. The van der Waals surface area contributed by atoms with Gasteiger partial charge in [0.25, 0.3) is 0 Å². The predicted molar refractivity (Wildman–Crippen MR) is 76.1 cm³/mol. The number of nitrogens with zero attached hydrogens (tertiary/aromatic N) is 2. The summed E-state index contributed by atoms with van der Waals surface area (Å²) < 4.78 is 13.4. The largest absolute Gasteiger partial charge is 0.337 e. The summed E-state index contributed by atoms with van der Waals surface area (Å²) in [5.41, 5.74) is 2.96. The van der Waals surface area contributed by atoms with E-state index in [4.69, 9.17) is 11.6 Å². The van der Waals surface area contributed by atoms with Crippen molar-refractivity contribution >= 4 is 33.5 Å². The molecule has 0 saturated heterocycles. The number of halogens is 2. The molecule has 0 atom stereocenters. The van der Waals surface area contributed by atoms with Gasteiger partial charge < -0.3 is 4.98 Å². The Morgan fingerprint density at radius 1 is 1.05 bits per heavy atom. The minimum Gasteiger partial charge on any atom is -0.337 e. The molecule has 0 radical (unpaired) electrons. The van der Waals surface area contributed by atoms with Crippen LogP contribution in [0.5, 0.6) is 0 Å². The van der Waals surface area contributed by atoms with Gasteiger partial charge in [-0.3, -0.25) is 5.10 Å². The van der Waals surface area contributed by atoms with Crippen molar-refractivity contribution in [3.05, 3.63) is 47.2 Å². The molecule has 98 valence electrons. The lowest BCUT2D eigenvalue weighted by Gasteiger charge is -1.92. The summed E-state index contributed by atoms with van der Waals surface area (Å²) in [7, 11) is 0. The minimum atomic E-state index is -0.306. The summed E-state index contributed by atoms with van der Waals surface area (Å²) >= 11 is 5.94. The van der Waals surface area contributed by atoms with E-state index in [0.29, 0.717) is 21.9 Å². The normalized spacial score (nSPS) is 11.5. The van der Waals surface area contributed by atoms with Crippen LogP contribution in [0.3, 0.4) is 0 Å². The van der Waals surface area contributed by atoms with Crippen molar-refractivity contribution in [2.24, 2.45) is 0 Å². The highest BCUT2D eigenvalue weighted by Gasteiger charge is 2.13. The van der Waals surface area contributed by atoms with Crippen LogP contribution in [0, 0.1) is 5.82 Å². The first kappa shape index (κ1) is 11.4. The quantitative estimate of drug-likeness (QED) is 0.557. The van der Waals surface area contributed by atoms with Gasteiger partial charge in [0, 0.05) is 10.4 Å². The number of hydrogen-bond acceptors (Lipinski definition) is 2. The van der Waals surface area contributed by atoms with E-state index in [0.717, 1.165) is 16.6 Å². The number of rotatable bonds is 1. The van der Waals surface area contributed by atoms with Crippen molar-refractivity contribution < 1.29 is 4.39 Å². The van der Waals surface area contributed by atoms with Crippen LogP contribution in [-0.4, -0.2) is 20.2 Å². The maximum atomic E-state index is 13.4. The monoisotopic (exact) mass is 286 g/mol. The summed E-state index contributed by atoms with van der Waals surface area (Å²) in [6, 6.07) is 9.89. The maximum Gasteiger partial charge on any atom is 0.159 e. The van der Waals surface area contributed by atoms with Gasteiger partial charge in [0.1, 0.15) is 11.5 Å². The number of aromatic amines is 2. The lowest BCUT2D eigenvalue weighted by atomic mass is 10.2. The Labute approximate surface area is 117 Å². The fraction of sp³-hybridized carbons (Fsp3) is 0. The van der Waals surface area contributed by atoms with Crippen LogP contribution in [0.25, 0.3) is 33.5 Å². The molecule has 2 heterocycles. The van der Waals surface area contributed by atoms with E-state index in [1.165, 1.54) is 12.1 Å². The Balaban J connectivity index is 1.98. The first-order valence-corrected chi connectivity index (χ1v) is 6.38. The summed E-state index contributed by atoms with van der Waals surface area (Å²) in [6.45, 7) is 0. The Hall–Kier alpha value is -2.40. The second-order valence-corrected chi connectivity index (χ2v) is 4.95. The summed E-state index contributed by atoms with van der Waals surface area (Å²) in [4.78, 5) is 7.61. The van der Waals surface area contributed by atoms with Gasteiger partial charge in [-0.2, -0.15) is 5.10 Å². The Bertz CT molecular complexity index is 941. The fourth-order valence-corrected chi connectivity index (χ4v) is 2.42. The molecule has 2 aromatic heterocycles. The SMILES string of the molecule is Fc1ccc2[nH]nc(-c3nc4cc(Cl)ccc4[nH]3)c2c1. The topological polar surface area (TPSA) is 57.4 Å². The molecule has 0 spiro atoms. The highest BCUT2D eigenvalue weighted by molar-refractivity contribution is 6.31. The molecule has 6 heteroatoms. The second kappa shape index (κ2) is 4.05. The third-order valence-electron chi connectivity index (χ3n) is 3.19. The molecule has 0 aliphatic carbocycles. The van der Waals surface area contributed by atoms with Gasteiger partial charge in [-0.25, -0.2) is 9.37 Å². The Morgan fingerprint density at radius 2 is 1.90 bits per heavy atom. The number of hydrogen-bond donors (Lipinski definition) is 2. The molecular weight excluding hydrogens is 279 g/mol. The molecule has 0 amide bonds. The van der Waals surface area contributed by atoms with E-state index >= 15 is 0 Å². The van der Waals surface area contributed by atoms with Gasteiger partial charge in [0.15, 0.2) is 5.82 Å². The predicted octanol–water partition coefficient (Wildman–Crippen LogP) is 3.90. The summed E-state index contributed by atoms with van der Waals surface area (Å²) in [6.07, 6.45) is 0. The van der Waals surface area contributed by atoms with Gasteiger partial charge in [-0.05, 0) is 36.4 Å². The van der Waals surface area contributed by atoms with Crippen molar-refractivity contribution in [3.8, 4) is 11.5 Å². The fourth-order valence-electron chi connectivity index (χ4n) is 2.26. The number of H-pyrrole nitrogens is 2. The van der Waals surface area contributed by atoms with Crippen LogP contribution in [0.15, 0.2) is 36.4 Å². The van der Waals surface area contributed by atoms with E-state index in [9.17, 15) is 4.39 Å². The maximum absolute atomic E-state index is 13.4. The number of fused-ring (bicyclic) bond motifs is 2. The Morgan fingerprint density at radius 3 is 2.80 bits per heavy atom. The molecular formula is C14H8ClFN4. The number of nitrogens with one attached hydrogen (secondary N) is 2. The third-order valence-corrected chi connectivity index (χ3v) is 3.43. The van der Waals surface area contributed by atoms with Crippen LogP contribution in [0.4, 0.5) is 4.39 Å². The molecule has 4 rings (SSSR count). The number of aromatic nitrogens is 4. The first-order valence-electron chi connectivity index (χ1n) is 6.00. The zero-order valence-corrected chi connectivity index (χ0v) is 10.9. The van der Waals surface area contributed by atoms with Crippen LogP contribution >= 0.6 is 11.6 Å². The average molecular weight is 287 g/mol. The zero-order valence-electron chi connectivity index (χ0n) is 10.1. The van der Waals surface area contributed by atoms with Crippen molar-refractivity contribution in [2.45, 2.75) is 0 Å². The highest BCUT2D eigenvalue weighted by atomic mass is 35.5. The van der Waals surface area contributed by atoms with Crippen LogP contribution < -0.4 is 0 Å². The van der Waals surface area contributed by atoms with Gasteiger partial charge in [0.05, 0.1) is 16.6 Å². The van der Waals surface area contributed by atoms with E-state index < -0.39 is 0 Å². The number of imidazole rings is 1. The van der Waals surface area contributed by atoms with Gasteiger partial charge in [-0.15, -0.1) is 0 Å². The van der Waals surface area contributed by atoms with Crippen molar-refractivity contribution in [3.63, 3.8) is 0 Å².